The third-order valence-corrected chi connectivity index (χ3v) is 5.09. The largest absolute Gasteiger partial charge is 0.497 e. The smallest absolute Gasteiger partial charge is 0.236 e. The van der Waals surface area contributed by atoms with E-state index in [2.05, 4.69) is 29.2 Å². The number of amides is 1. The van der Waals surface area contributed by atoms with Crippen molar-refractivity contribution in [3.63, 3.8) is 0 Å². The molecule has 1 aromatic rings. The minimum atomic E-state index is 0.0223. The molecule has 0 bridgehead atoms. The second-order valence-electron chi connectivity index (χ2n) is 6.97. The van der Waals surface area contributed by atoms with Gasteiger partial charge in [0, 0.05) is 13.1 Å². The first kappa shape index (κ1) is 20.7. The predicted molar refractivity (Wildman–Crippen MR) is 103 cm³/mol. The van der Waals surface area contributed by atoms with Crippen molar-refractivity contribution in [2.24, 2.45) is 5.92 Å². The van der Waals surface area contributed by atoms with Gasteiger partial charge in [-0.2, -0.15) is 10.5 Å². The molecule has 2 rings (SSSR count). The lowest BCUT2D eigenvalue weighted by molar-refractivity contribution is -0.132. The zero-order valence-electron chi connectivity index (χ0n) is 16.1. The molecule has 1 aromatic carbocycles. The molecule has 27 heavy (non-hydrogen) atoms. The number of ether oxygens (including phenoxy) is 1. The summed E-state index contributed by atoms with van der Waals surface area (Å²) in [5.41, 5.74) is 1.32. The maximum absolute atomic E-state index is 12.5. The van der Waals surface area contributed by atoms with Gasteiger partial charge in [-0.15, -0.1) is 0 Å². The first-order valence-corrected chi connectivity index (χ1v) is 9.53. The van der Waals surface area contributed by atoms with Crippen LogP contribution in [0, 0.1) is 28.6 Å². The van der Waals surface area contributed by atoms with Crippen molar-refractivity contribution < 1.29 is 9.53 Å². The quantitative estimate of drug-likeness (QED) is 0.669. The van der Waals surface area contributed by atoms with Crippen molar-refractivity contribution in [2.45, 2.75) is 32.1 Å². The maximum Gasteiger partial charge on any atom is 0.236 e. The van der Waals surface area contributed by atoms with Gasteiger partial charge < -0.3 is 9.64 Å². The zero-order chi connectivity index (χ0) is 19.5. The Morgan fingerprint density at radius 3 is 2.26 bits per heavy atom. The molecule has 0 saturated carbocycles. The number of nitriles is 2. The molecule has 0 radical (unpaired) electrons. The zero-order valence-corrected chi connectivity index (χ0v) is 16.1. The number of carbonyl (C=O) groups excluding carboxylic acids is 1. The Morgan fingerprint density at radius 1 is 1.15 bits per heavy atom. The molecular formula is C21H28N4O2. The van der Waals surface area contributed by atoms with Crippen molar-refractivity contribution in [3.8, 4) is 17.9 Å². The van der Waals surface area contributed by atoms with Crippen LogP contribution in [0.2, 0.25) is 0 Å². The highest BCUT2D eigenvalue weighted by Crippen LogP contribution is 2.23. The van der Waals surface area contributed by atoms with E-state index in [-0.39, 0.29) is 5.91 Å². The third kappa shape index (κ3) is 6.92. The lowest BCUT2D eigenvalue weighted by atomic mass is 9.90. The molecule has 1 saturated heterocycles. The van der Waals surface area contributed by atoms with Crippen LogP contribution in [0.3, 0.4) is 0 Å². The number of carbonyl (C=O) groups is 1. The van der Waals surface area contributed by atoms with Crippen molar-refractivity contribution in [3.05, 3.63) is 29.8 Å². The van der Waals surface area contributed by atoms with Crippen LogP contribution < -0.4 is 4.74 Å². The Bertz CT molecular complexity index is 649. The number of hydrogen-bond acceptors (Lipinski definition) is 5. The highest BCUT2D eigenvalue weighted by molar-refractivity contribution is 5.78. The van der Waals surface area contributed by atoms with Crippen LogP contribution in [0.15, 0.2) is 24.3 Å². The first-order chi connectivity index (χ1) is 13.2. The van der Waals surface area contributed by atoms with Gasteiger partial charge in [-0.3, -0.25) is 9.69 Å². The minimum Gasteiger partial charge on any atom is -0.497 e. The Hall–Kier alpha value is -2.57. The third-order valence-electron chi connectivity index (χ3n) is 5.09. The van der Waals surface area contributed by atoms with Crippen LogP contribution in [-0.2, 0) is 11.2 Å². The van der Waals surface area contributed by atoms with E-state index in [4.69, 9.17) is 15.3 Å². The highest BCUT2D eigenvalue weighted by atomic mass is 16.5. The standard InChI is InChI=1S/C21H28N4O2/c1-27-20-6-4-18(5-7-20)16-19-8-14-24(15-9-19)17-21(26)25(12-2-10-22)13-3-11-23/h4-7,19H,2-3,8-9,12-17H2,1H3. The van der Waals surface area contributed by atoms with E-state index in [9.17, 15) is 4.79 Å². The van der Waals surface area contributed by atoms with E-state index < -0.39 is 0 Å². The van der Waals surface area contributed by atoms with Crippen LogP contribution in [-0.4, -0.2) is 55.5 Å². The fourth-order valence-electron chi connectivity index (χ4n) is 3.47. The van der Waals surface area contributed by atoms with Gasteiger partial charge in [0.05, 0.1) is 38.6 Å². The summed E-state index contributed by atoms with van der Waals surface area (Å²) in [6, 6.07) is 12.4. The molecule has 1 aliphatic rings. The molecule has 1 heterocycles. The fraction of sp³-hybridized carbons (Fsp3) is 0.571. The van der Waals surface area contributed by atoms with Crippen molar-refractivity contribution in [2.75, 3.05) is 39.8 Å². The number of methoxy groups -OCH3 is 1. The van der Waals surface area contributed by atoms with Gasteiger partial charge in [0.2, 0.25) is 5.91 Å². The Kier molecular flexibility index (Phi) is 8.61. The molecule has 0 unspecified atom stereocenters. The normalized spacial score (nSPS) is 14.9. The summed E-state index contributed by atoms with van der Waals surface area (Å²) in [5.74, 6) is 1.54. The van der Waals surface area contributed by atoms with E-state index in [0.29, 0.717) is 38.4 Å². The van der Waals surface area contributed by atoms with Gasteiger partial charge >= 0.3 is 0 Å². The number of nitrogens with zero attached hydrogens (tertiary/aromatic N) is 4. The lowest BCUT2D eigenvalue weighted by Crippen LogP contribution is -2.44. The van der Waals surface area contributed by atoms with Crippen LogP contribution >= 0.6 is 0 Å². The van der Waals surface area contributed by atoms with Crippen molar-refractivity contribution in [1.82, 2.24) is 9.80 Å². The second kappa shape index (κ2) is 11.2. The summed E-state index contributed by atoms with van der Waals surface area (Å²) in [5, 5.41) is 17.5. The summed E-state index contributed by atoms with van der Waals surface area (Å²) in [6.45, 7) is 3.02. The van der Waals surface area contributed by atoms with E-state index in [0.717, 1.165) is 38.1 Å². The van der Waals surface area contributed by atoms with Gasteiger partial charge in [-0.05, 0) is 56.0 Å². The Labute approximate surface area is 161 Å². The minimum absolute atomic E-state index is 0.0223. The average molecular weight is 368 g/mol. The number of hydrogen-bond donors (Lipinski definition) is 0. The fourth-order valence-corrected chi connectivity index (χ4v) is 3.47. The topological polar surface area (TPSA) is 80.4 Å². The van der Waals surface area contributed by atoms with Gasteiger partial charge in [0.15, 0.2) is 0 Å². The molecule has 0 aromatic heterocycles. The van der Waals surface area contributed by atoms with Gasteiger partial charge in [0.25, 0.3) is 0 Å². The van der Waals surface area contributed by atoms with Gasteiger partial charge in [-0.1, -0.05) is 12.1 Å². The molecule has 0 aliphatic carbocycles. The first-order valence-electron chi connectivity index (χ1n) is 9.53. The summed E-state index contributed by atoms with van der Waals surface area (Å²) in [7, 11) is 1.67. The molecule has 6 heteroatoms. The molecule has 6 nitrogen and oxygen atoms in total. The molecule has 0 spiro atoms. The van der Waals surface area contributed by atoms with E-state index in [1.807, 2.05) is 12.1 Å². The highest BCUT2D eigenvalue weighted by Gasteiger charge is 2.23. The number of rotatable bonds is 9. The molecule has 1 fully saturated rings. The Balaban J connectivity index is 1.77. The number of piperidine rings is 1. The molecule has 1 aliphatic heterocycles. The van der Waals surface area contributed by atoms with Crippen LogP contribution in [0.25, 0.3) is 0 Å². The molecule has 0 atom stereocenters. The average Bonchev–Trinajstić information content (AvgIpc) is 2.70. The SMILES string of the molecule is COc1ccc(CC2CCN(CC(=O)N(CCC#N)CCC#N)CC2)cc1. The van der Waals surface area contributed by atoms with E-state index in [1.54, 1.807) is 12.0 Å². The summed E-state index contributed by atoms with van der Waals surface area (Å²) >= 11 is 0. The summed E-state index contributed by atoms with van der Waals surface area (Å²) in [4.78, 5) is 16.4. The predicted octanol–water partition coefficient (Wildman–Crippen LogP) is 2.61. The van der Waals surface area contributed by atoms with Crippen molar-refractivity contribution in [1.29, 1.82) is 10.5 Å². The van der Waals surface area contributed by atoms with E-state index in [1.165, 1.54) is 5.56 Å². The molecule has 1 amide bonds. The van der Waals surface area contributed by atoms with Crippen LogP contribution in [0.5, 0.6) is 5.75 Å². The van der Waals surface area contributed by atoms with Crippen molar-refractivity contribution >= 4 is 5.91 Å². The van der Waals surface area contributed by atoms with Crippen LogP contribution in [0.4, 0.5) is 0 Å². The molecule has 0 N–H and O–H groups in total. The Morgan fingerprint density at radius 2 is 1.74 bits per heavy atom. The molecular weight excluding hydrogens is 340 g/mol. The second-order valence-corrected chi connectivity index (χ2v) is 6.97. The monoisotopic (exact) mass is 368 g/mol. The maximum atomic E-state index is 12.5. The molecule has 144 valence electrons. The van der Waals surface area contributed by atoms with Crippen LogP contribution in [0.1, 0.15) is 31.2 Å². The van der Waals surface area contributed by atoms with Gasteiger partial charge in [0.1, 0.15) is 5.75 Å². The number of likely N-dealkylation sites (tertiary alicyclic amines) is 1. The summed E-state index contributed by atoms with van der Waals surface area (Å²) < 4.78 is 5.20. The summed E-state index contributed by atoms with van der Waals surface area (Å²) in [6.07, 6.45) is 3.83. The van der Waals surface area contributed by atoms with E-state index >= 15 is 0 Å². The van der Waals surface area contributed by atoms with Gasteiger partial charge in [-0.25, -0.2) is 0 Å². The number of benzene rings is 1. The lowest BCUT2D eigenvalue weighted by Gasteiger charge is -2.33.